The van der Waals surface area contributed by atoms with E-state index in [1.807, 2.05) is 0 Å². The van der Waals surface area contributed by atoms with Crippen molar-refractivity contribution in [1.82, 2.24) is 0 Å². The molecule has 2 aliphatic rings. The number of hydrogen-bond acceptors (Lipinski definition) is 1. The number of fused-ring (bicyclic) bond motifs is 3. The molecule has 0 amide bonds. The summed E-state index contributed by atoms with van der Waals surface area (Å²) in [6.07, 6.45) is 4.96. The summed E-state index contributed by atoms with van der Waals surface area (Å²) < 4.78 is 5.50. The molecule has 1 aromatic rings. The largest absolute Gasteiger partial charge is 0.497 e. The van der Waals surface area contributed by atoms with Gasteiger partial charge in [-0.3, -0.25) is 0 Å². The minimum Gasteiger partial charge on any atom is -0.497 e. The highest BCUT2D eigenvalue weighted by Crippen LogP contribution is 2.66. The maximum atomic E-state index is 5.50. The fourth-order valence-corrected chi connectivity index (χ4v) is 5.67. The maximum Gasteiger partial charge on any atom is 0.119 e. The molecule has 1 nitrogen and oxygen atoms in total. The van der Waals surface area contributed by atoms with Crippen molar-refractivity contribution in [2.75, 3.05) is 7.11 Å². The lowest BCUT2D eigenvalue weighted by molar-refractivity contribution is -0.0500. The van der Waals surface area contributed by atoms with Gasteiger partial charge in [-0.05, 0) is 65.2 Å². The Morgan fingerprint density at radius 3 is 2.52 bits per heavy atom. The lowest BCUT2D eigenvalue weighted by atomic mass is 9.42. The Morgan fingerprint density at radius 1 is 1.14 bits per heavy atom. The fraction of sp³-hybridized carbons (Fsp3) is 0.684. The number of alkyl halides is 1. The smallest absolute Gasteiger partial charge is 0.119 e. The molecule has 0 heterocycles. The van der Waals surface area contributed by atoms with Crippen LogP contribution in [0.4, 0.5) is 0 Å². The maximum absolute atomic E-state index is 5.50. The second-order valence-electron chi connectivity index (χ2n) is 7.92. The van der Waals surface area contributed by atoms with Crippen LogP contribution in [-0.4, -0.2) is 11.9 Å². The molecule has 2 heteroatoms. The number of aryl methyl sites for hydroxylation is 1. The number of hydrogen-bond donors (Lipinski definition) is 0. The highest BCUT2D eigenvalue weighted by molar-refractivity contribution is 9.09. The molecule has 0 radical (unpaired) electrons. The molecule has 1 fully saturated rings. The summed E-state index contributed by atoms with van der Waals surface area (Å²) in [5.41, 5.74) is 3.90. The van der Waals surface area contributed by atoms with Crippen molar-refractivity contribution in [3.8, 4) is 5.75 Å². The average Bonchev–Trinajstić information content (AvgIpc) is 2.47. The standard InChI is InChI=1S/C19H27BrO/c1-17(2)16(20)9-10-18(3)15-12-14(21-5)7-6-13(15)8-11-19(17,18)4/h6-7,12,16H,8-11H2,1-5H3/t16-,18+,19?/m0/s1. The van der Waals surface area contributed by atoms with Gasteiger partial charge in [0, 0.05) is 4.83 Å². The molecule has 0 spiro atoms. The first kappa shape index (κ1) is 15.4. The first-order valence-corrected chi connectivity index (χ1v) is 8.99. The quantitative estimate of drug-likeness (QED) is 0.608. The third kappa shape index (κ3) is 1.87. The summed E-state index contributed by atoms with van der Waals surface area (Å²) in [5, 5.41) is 0. The Bertz CT molecular complexity index is 565. The van der Waals surface area contributed by atoms with Crippen LogP contribution in [0.2, 0.25) is 0 Å². The van der Waals surface area contributed by atoms with Crippen molar-refractivity contribution >= 4 is 15.9 Å². The van der Waals surface area contributed by atoms with Gasteiger partial charge in [0.05, 0.1) is 7.11 Å². The Balaban J connectivity index is 2.19. The van der Waals surface area contributed by atoms with Crippen LogP contribution in [0.5, 0.6) is 5.75 Å². The molecular formula is C19H27BrO. The van der Waals surface area contributed by atoms with Gasteiger partial charge < -0.3 is 4.74 Å². The van der Waals surface area contributed by atoms with Crippen LogP contribution >= 0.6 is 15.9 Å². The van der Waals surface area contributed by atoms with Gasteiger partial charge in [0.25, 0.3) is 0 Å². The summed E-state index contributed by atoms with van der Waals surface area (Å²) in [7, 11) is 1.77. The summed E-state index contributed by atoms with van der Waals surface area (Å²) in [4.78, 5) is 0.607. The van der Waals surface area contributed by atoms with Crippen molar-refractivity contribution in [2.24, 2.45) is 10.8 Å². The summed E-state index contributed by atoms with van der Waals surface area (Å²) >= 11 is 3.97. The zero-order valence-corrected chi connectivity index (χ0v) is 15.5. The summed E-state index contributed by atoms with van der Waals surface area (Å²) in [5.74, 6) is 0.998. The van der Waals surface area contributed by atoms with Crippen molar-refractivity contribution in [2.45, 2.75) is 63.6 Å². The van der Waals surface area contributed by atoms with Gasteiger partial charge in [-0.1, -0.05) is 49.7 Å². The Morgan fingerprint density at radius 2 is 1.86 bits per heavy atom. The molecule has 3 atom stereocenters. The van der Waals surface area contributed by atoms with Gasteiger partial charge >= 0.3 is 0 Å². The highest BCUT2D eigenvalue weighted by Gasteiger charge is 2.60. The highest BCUT2D eigenvalue weighted by atomic mass is 79.9. The third-order valence-electron chi connectivity index (χ3n) is 7.13. The molecule has 21 heavy (non-hydrogen) atoms. The molecule has 0 N–H and O–H groups in total. The van der Waals surface area contributed by atoms with Gasteiger partial charge in [-0.25, -0.2) is 0 Å². The summed E-state index contributed by atoms with van der Waals surface area (Å²) in [6.45, 7) is 9.91. The van der Waals surface area contributed by atoms with Crippen molar-refractivity contribution < 1.29 is 4.74 Å². The molecule has 0 aromatic heterocycles. The number of ether oxygens (including phenoxy) is 1. The van der Waals surface area contributed by atoms with Crippen LogP contribution in [0, 0.1) is 10.8 Å². The molecule has 116 valence electrons. The third-order valence-corrected chi connectivity index (χ3v) is 8.73. The van der Waals surface area contributed by atoms with Crippen LogP contribution in [0.15, 0.2) is 18.2 Å². The van der Waals surface area contributed by atoms with E-state index in [1.54, 1.807) is 7.11 Å². The first-order chi connectivity index (χ1) is 9.76. The van der Waals surface area contributed by atoms with Crippen molar-refractivity contribution in [3.63, 3.8) is 0 Å². The second-order valence-corrected chi connectivity index (χ2v) is 9.02. The minimum atomic E-state index is 0.239. The Hall–Kier alpha value is -0.500. The number of methoxy groups -OCH3 is 1. The van der Waals surface area contributed by atoms with Crippen molar-refractivity contribution in [1.29, 1.82) is 0 Å². The second kappa shape index (κ2) is 4.75. The van der Waals surface area contributed by atoms with Crippen LogP contribution in [0.25, 0.3) is 0 Å². The Labute approximate surface area is 137 Å². The topological polar surface area (TPSA) is 9.23 Å². The van der Waals surface area contributed by atoms with E-state index in [-0.39, 0.29) is 5.41 Å². The normalized spacial score (nSPS) is 37.5. The lowest BCUT2D eigenvalue weighted by Crippen LogP contribution is -2.59. The van der Waals surface area contributed by atoms with E-state index in [2.05, 4.69) is 61.8 Å². The molecule has 0 aliphatic heterocycles. The van der Waals surface area contributed by atoms with Gasteiger partial charge in [0.1, 0.15) is 5.75 Å². The van der Waals surface area contributed by atoms with Crippen LogP contribution in [0.3, 0.4) is 0 Å². The van der Waals surface area contributed by atoms with Crippen LogP contribution < -0.4 is 4.74 Å². The summed E-state index contributed by atoms with van der Waals surface area (Å²) in [6, 6.07) is 6.70. The van der Waals surface area contributed by atoms with Crippen LogP contribution in [-0.2, 0) is 11.8 Å². The molecule has 3 rings (SSSR count). The average molecular weight is 351 g/mol. The predicted molar refractivity (Wildman–Crippen MR) is 92.5 cm³/mol. The van der Waals surface area contributed by atoms with E-state index in [0.717, 1.165) is 5.75 Å². The zero-order chi connectivity index (χ0) is 15.5. The number of benzene rings is 1. The zero-order valence-electron chi connectivity index (χ0n) is 13.9. The van der Waals surface area contributed by atoms with E-state index in [9.17, 15) is 0 Å². The number of halogens is 1. The van der Waals surface area contributed by atoms with E-state index in [4.69, 9.17) is 4.74 Å². The van der Waals surface area contributed by atoms with Gasteiger partial charge in [0.2, 0.25) is 0 Å². The van der Waals surface area contributed by atoms with E-state index >= 15 is 0 Å². The number of rotatable bonds is 1. The van der Waals surface area contributed by atoms with Gasteiger partial charge in [0.15, 0.2) is 0 Å². The van der Waals surface area contributed by atoms with Crippen LogP contribution in [0.1, 0.15) is 58.1 Å². The fourth-order valence-electron chi connectivity index (χ4n) is 4.94. The molecule has 0 bridgehead atoms. The molecule has 1 unspecified atom stereocenters. The van der Waals surface area contributed by atoms with E-state index < -0.39 is 0 Å². The molecule has 0 saturated heterocycles. The van der Waals surface area contributed by atoms with Gasteiger partial charge in [-0.2, -0.15) is 0 Å². The lowest BCUT2D eigenvalue weighted by Gasteiger charge is -2.64. The molecule has 2 aliphatic carbocycles. The molecule has 1 aromatic carbocycles. The first-order valence-electron chi connectivity index (χ1n) is 8.08. The minimum absolute atomic E-state index is 0.239. The van der Waals surface area contributed by atoms with E-state index in [1.165, 1.54) is 36.8 Å². The molecule has 1 saturated carbocycles. The SMILES string of the molecule is COc1ccc2c(c1)[C@@]1(C)CC[C@H](Br)C(C)(C)C1(C)CC2. The predicted octanol–water partition coefficient (Wildman–Crippen LogP) is 5.49. The van der Waals surface area contributed by atoms with Crippen molar-refractivity contribution in [3.05, 3.63) is 29.3 Å². The monoisotopic (exact) mass is 350 g/mol. The Kier molecular flexibility index (Phi) is 3.48. The van der Waals surface area contributed by atoms with E-state index in [0.29, 0.717) is 15.7 Å². The molecular weight excluding hydrogens is 324 g/mol. The van der Waals surface area contributed by atoms with Gasteiger partial charge in [-0.15, -0.1) is 0 Å².